The molecule has 1 N–H and O–H groups in total. The van der Waals surface area contributed by atoms with Gasteiger partial charge < -0.3 is 5.11 Å². The smallest absolute Gasteiger partial charge is 0.310 e. The molecule has 2 unspecified atom stereocenters. The maximum atomic E-state index is 10.6. The third-order valence-corrected chi connectivity index (χ3v) is 2.71. The molecule has 0 radical (unpaired) electrons. The van der Waals surface area contributed by atoms with E-state index < -0.39 is 11.4 Å². The molecule has 2 atom stereocenters. The summed E-state index contributed by atoms with van der Waals surface area (Å²) in [6, 6.07) is 0. The Balaban J connectivity index is 4.38. The zero-order chi connectivity index (χ0) is 8.36. The van der Waals surface area contributed by atoms with Crippen LogP contribution >= 0.6 is 12.6 Å². The van der Waals surface area contributed by atoms with Gasteiger partial charge in [0.2, 0.25) is 0 Å². The minimum atomic E-state index is -0.766. The van der Waals surface area contributed by atoms with Crippen LogP contribution in [0.15, 0.2) is 0 Å². The predicted octanol–water partition coefficient (Wildman–Crippen LogP) is 1.81. The van der Waals surface area contributed by atoms with Crippen LogP contribution in [0.2, 0.25) is 0 Å². The summed E-state index contributed by atoms with van der Waals surface area (Å²) in [4.78, 5) is 10.6. The number of carbonyl (C=O) groups is 1. The van der Waals surface area contributed by atoms with Crippen molar-refractivity contribution in [1.82, 2.24) is 0 Å². The highest BCUT2D eigenvalue weighted by Crippen LogP contribution is 2.29. The fourth-order valence-corrected chi connectivity index (χ4v) is 0.918. The molecule has 10 heavy (non-hydrogen) atoms. The molecule has 0 spiro atoms. The molecule has 0 aromatic heterocycles. The first-order valence-corrected chi connectivity index (χ1v) is 3.88. The number of aliphatic carboxylic acids is 1. The van der Waals surface area contributed by atoms with Gasteiger partial charge in [-0.2, -0.15) is 12.6 Å². The molecular formula is C7H14O2S. The SMILES string of the molecule is CCC(C)(C(=O)O)C(C)S. The number of thiol groups is 1. The fraction of sp³-hybridized carbons (Fsp3) is 0.857. The van der Waals surface area contributed by atoms with E-state index in [2.05, 4.69) is 12.6 Å². The van der Waals surface area contributed by atoms with Crippen molar-refractivity contribution in [3.63, 3.8) is 0 Å². The van der Waals surface area contributed by atoms with E-state index in [0.717, 1.165) is 0 Å². The average Bonchev–Trinajstić information content (AvgIpc) is 1.85. The molecule has 0 aliphatic heterocycles. The molecule has 60 valence electrons. The lowest BCUT2D eigenvalue weighted by Crippen LogP contribution is -2.34. The van der Waals surface area contributed by atoms with Crippen LogP contribution in [0.4, 0.5) is 0 Å². The number of hydrogen-bond donors (Lipinski definition) is 2. The van der Waals surface area contributed by atoms with E-state index in [1.54, 1.807) is 13.8 Å². The van der Waals surface area contributed by atoms with Crippen LogP contribution in [-0.2, 0) is 4.79 Å². The molecule has 0 rings (SSSR count). The van der Waals surface area contributed by atoms with Gasteiger partial charge in [-0.3, -0.25) is 4.79 Å². The summed E-state index contributed by atoms with van der Waals surface area (Å²) in [6.07, 6.45) is 0.618. The van der Waals surface area contributed by atoms with Crippen LogP contribution in [0.1, 0.15) is 27.2 Å². The second-order valence-corrected chi connectivity index (χ2v) is 3.53. The molecule has 0 aromatic rings. The first-order chi connectivity index (χ1) is 4.45. The third-order valence-electron chi connectivity index (χ3n) is 2.15. The third kappa shape index (κ3) is 1.66. The minimum absolute atomic E-state index is 0.102. The lowest BCUT2D eigenvalue weighted by atomic mass is 9.84. The highest BCUT2D eigenvalue weighted by Gasteiger charge is 2.34. The fourth-order valence-electron chi connectivity index (χ4n) is 0.625. The first kappa shape index (κ1) is 9.82. The molecule has 0 heterocycles. The summed E-state index contributed by atoms with van der Waals surface area (Å²) in [5.74, 6) is -0.766. The molecule has 0 aliphatic carbocycles. The van der Waals surface area contributed by atoms with Gasteiger partial charge in [-0.1, -0.05) is 13.8 Å². The Morgan fingerprint density at radius 2 is 2.20 bits per heavy atom. The van der Waals surface area contributed by atoms with Crippen molar-refractivity contribution in [2.75, 3.05) is 0 Å². The minimum Gasteiger partial charge on any atom is -0.481 e. The Hall–Kier alpha value is -0.180. The Morgan fingerprint density at radius 1 is 1.80 bits per heavy atom. The maximum absolute atomic E-state index is 10.6. The van der Waals surface area contributed by atoms with Crippen molar-refractivity contribution in [3.05, 3.63) is 0 Å². The van der Waals surface area contributed by atoms with Gasteiger partial charge in [0.1, 0.15) is 0 Å². The Kier molecular flexibility index (Phi) is 3.22. The van der Waals surface area contributed by atoms with Gasteiger partial charge in [-0.25, -0.2) is 0 Å². The van der Waals surface area contributed by atoms with Crippen LogP contribution in [0, 0.1) is 5.41 Å². The van der Waals surface area contributed by atoms with Crippen molar-refractivity contribution in [3.8, 4) is 0 Å². The number of carboxylic acids is 1. The van der Waals surface area contributed by atoms with Gasteiger partial charge in [0.25, 0.3) is 0 Å². The summed E-state index contributed by atoms with van der Waals surface area (Å²) in [5.41, 5.74) is -0.677. The van der Waals surface area contributed by atoms with Gasteiger partial charge in [0.05, 0.1) is 5.41 Å². The summed E-state index contributed by atoms with van der Waals surface area (Å²) < 4.78 is 0. The van der Waals surface area contributed by atoms with Gasteiger partial charge in [0, 0.05) is 5.25 Å². The second-order valence-electron chi connectivity index (χ2n) is 2.75. The quantitative estimate of drug-likeness (QED) is 0.621. The molecular weight excluding hydrogens is 148 g/mol. The van der Waals surface area contributed by atoms with Crippen molar-refractivity contribution < 1.29 is 9.90 Å². The Bertz CT molecular complexity index is 134. The Labute approximate surface area is 67.0 Å². The Morgan fingerprint density at radius 3 is 2.20 bits per heavy atom. The van der Waals surface area contributed by atoms with Gasteiger partial charge in [-0.15, -0.1) is 0 Å². The van der Waals surface area contributed by atoms with Crippen LogP contribution in [0.25, 0.3) is 0 Å². The van der Waals surface area contributed by atoms with E-state index in [1.807, 2.05) is 6.92 Å². The molecule has 0 saturated carbocycles. The number of carboxylic acid groups (broad SMARTS) is 1. The van der Waals surface area contributed by atoms with E-state index in [1.165, 1.54) is 0 Å². The molecule has 0 fully saturated rings. The maximum Gasteiger partial charge on any atom is 0.310 e. The lowest BCUT2D eigenvalue weighted by molar-refractivity contribution is -0.147. The van der Waals surface area contributed by atoms with Crippen LogP contribution in [-0.4, -0.2) is 16.3 Å². The zero-order valence-corrected chi connectivity index (χ0v) is 7.48. The zero-order valence-electron chi connectivity index (χ0n) is 6.59. The second kappa shape index (κ2) is 3.28. The van der Waals surface area contributed by atoms with Gasteiger partial charge in [0.15, 0.2) is 0 Å². The summed E-state index contributed by atoms with van der Waals surface area (Å²) in [6.45, 7) is 5.38. The molecule has 0 amide bonds. The number of rotatable bonds is 3. The highest BCUT2D eigenvalue weighted by atomic mass is 32.1. The molecule has 2 nitrogen and oxygen atoms in total. The molecule has 0 aliphatic rings. The van der Waals surface area contributed by atoms with Gasteiger partial charge in [-0.05, 0) is 13.3 Å². The van der Waals surface area contributed by atoms with Crippen LogP contribution < -0.4 is 0 Å². The summed E-state index contributed by atoms with van der Waals surface area (Å²) >= 11 is 4.12. The standard InChI is InChI=1S/C7H14O2S/c1-4-7(3,5(2)10)6(8)9/h5,10H,4H2,1-3H3,(H,8,9). The molecule has 0 bridgehead atoms. The molecule has 0 saturated heterocycles. The van der Waals surface area contributed by atoms with Crippen LogP contribution in [0.5, 0.6) is 0 Å². The topological polar surface area (TPSA) is 37.3 Å². The van der Waals surface area contributed by atoms with E-state index in [0.29, 0.717) is 6.42 Å². The normalized spacial score (nSPS) is 19.6. The van der Waals surface area contributed by atoms with E-state index in [9.17, 15) is 4.79 Å². The number of hydrogen-bond acceptors (Lipinski definition) is 2. The largest absolute Gasteiger partial charge is 0.481 e. The summed E-state index contributed by atoms with van der Waals surface area (Å²) in [7, 11) is 0. The molecule has 0 aromatic carbocycles. The van der Waals surface area contributed by atoms with Crippen molar-refractivity contribution in [2.24, 2.45) is 5.41 Å². The lowest BCUT2D eigenvalue weighted by Gasteiger charge is -2.26. The average molecular weight is 162 g/mol. The van der Waals surface area contributed by atoms with Crippen molar-refractivity contribution in [1.29, 1.82) is 0 Å². The van der Waals surface area contributed by atoms with Crippen LogP contribution in [0.3, 0.4) is 0 Å². The summed E-state index contributed by atoms with van der Waals surface area (Å²) in [5, 5.41) is 8.65. The molecule has 3 heteroatoms. The van der Waals surface area contributed by atoms with E-state index in [4.69, 9.17) is 5.11 Å². The monoisotopic (exact) mass is 162 g/mol. The van der Waals surface area contributed by atoms with E-state index in [-0.39, 0.29) is 5.25 Å². The first-order valence-electron chi connectivity index (χ1n) is 3.36. The van der Waals surface area contributed by atoms with Crippen molar-refractivity contribution >= 4 is 18.6 Å². The van der Waals surface area contributed by atoms with Crippen molar-refractivity contribution in [2.45, 2.75) is 32.4 Å². The predicted molar refractivity (Wildman–Crippen MR) is 44.5 cm³/mol. The van der Waals surface area contributed by atoms with E-state index >= 15 is 0 Å². The van der Waals surface area contributed by atoms with Gasteiger partial charge >= 0.3 is 5.97 Å². The highest BCUT2D eigenvalue weighted by molar-refractivity contribution is 7.81.